The van der Waals surface area contributed by atoms with Crippen LogP contribution in [-0.4, -0.2) is 33.5 Å². The van der Waals surface area contributed by atoms with E-state index in [1.165, 1.54) is 0 Å². The number of hydrogen-bond acceptors (Lipinski definition) is 4. The van der Waals surface area contributed by atoms with Crippen LogP contribution in [0, 0.1) is 0 Å². The molecule has 0 bridgehead atoms. The highest BCUT2D eigenvalue weighted by Gasteiger charge is 2.07. The van der Waals surface area contributed by atoms with Crippen LogP contribution in [0.5, 0.6) is 0 Å². The Labute approximate surface area is 110 Å². The van der Waals surface area contributed by atoms with Gasteiger partial charge < -0.3 is 9.30 Å². The lowest BCUT2D eigenvalue weighted by molar-refractivity contribution is 0.187. The Bertz CT molecular complexity index is 692. The molecular formula is C14H14N4O. The lowest BCUT2D eigenvalue weighted by atomic mass is 10.1. The van der Waals surface area contributed by atoms with Gasteiger partial charge in [0.25, 0.3) is 0 Å². The van der Waals surface area contributed by atoms with Gasteiger partial charge in [0, 0.05) is 30.8 Å². The summed E-state index contributed by atoms with van der Waals surface area (Å²) in [5.74, 6) is 0.850. The summed E-state index contributed by atoms with van der Waals surface area (Å²) in [6.07, 6.45) is 3.52. The smallest absolute Gasteiger partial charge is 0.163 e. The number of rotatable bonds is 4. The Hall–Kier alpha value is -2.27. The molecule has 0 saturated heterocycles. The Morgan fingerprint density at radius 1 is 1.26 bits per heavy atom. The first kappa shape index (κ1) is 11.8. The van der Waals surface area contributed by atoms with Gasteiger partial charge >= 0.3 is 0 Å². The number of methoxy groups -OCH3 is 1. The van der Waals surface area contributed by atoms with E-state index in [2.05, 4.69) is 21.2 Å². The van der Waals surface area contributed by atoms with Crippen LogP contribution >= 0.6 is 0 Å². The molecule has 0 N–H and O–H groups in total. The van der Waals surface area contributed by atoms with Crippen molar-refractivity contribution < 1.29 is 4.74 Å². The molecule has 0 aliphatic carbocycles. The Morgan fingerprint density at radius 2 is 2.21 bits per heavy atom. The van der Waals surface area contributed by atoms with Crippen LogP contribution in [0.2, 0.25) is 0 Å². The summed E-state index contributed by atoms with van der Waals surface area (Å²) in [5, 5.41) is 9.25. The third kappa shape index (κ3) is 2.32. The molecule has 2 aromatic heterocycles. The van der Waals surface area contributed by atoms with Gasteiger partial charge in [0.05, 0.1) is 12.1 Å². The molecule has 0 aliphatic rings. The highest BCUT2D eigenvalue weighted by molar-refractivity contribution is 5.83. The standard InChI is InChI=1S/C14H14N4O/c1-19-8-7-18-10-16-17-14(18)12-4-5-13-11(9-12)3-2-6-15-13/h2-6,9-10H,7-8H2,1H3. The van der Waals surface area contributed by atoms with Crippen molar-refractivity contribution >= 4 is 10.9 Å². The number of benzene rings is 1. The van der Waals surface area contributed by atoms with Crippen molar-refractivity contribution in [2.24, 2.45) is 0 Å². The second-order valence-corrected chi connectivity index (χ2v) is 4.25. The second kappa shape index (κ2) is 5.16. The minimum absolute atomic E-state index is 0.639. The predicted molar refractivity (Wildman–Crippen MR) is 72.6 cm³/mol. The summed E-state index contributed by atoms with van der Waals surface area (Å²) in [7, 11) is 1.69. The second-order valence-electron chi connectivity index (χ2n) is 4.25. The van der Waals surface area contributed by atoms with Crippen LogP contribution in [0.1, 0.15) is 0 Å². The number of hydrogen-bond donors (Lipinski definition) is 0. The molecule has 3 rings (SSSR count). The van der Waals surface area contributed by atoms with Gasteiger partial charge in [0.15, 0.2) is 5.82 Å². The quantitative estimate of drug-likeness (QED) is 0.715. The first-order valence-corrected chi connectivity index (χ1v) is 6.10. The number of nitrogens with zero attached hydrogens (tertiary/aromatic N) is 4. The molecule has 0 aliphatic heterocycles. The largest absolute Gasteiger partial charge is 0.383 e. The van der Waals surface area contributed by atoms with E-state index in [4.69, 9.17) is 4.74 Å². The predicted octanol–water partition coefficient (Wildman–Crippen LogP) is 2.14. The van der Waals surface area contributed by atoms with E-state index < -0.39 is 0 Å². The van der Waals surface area contributed by atoms with E-state index in [-0.39, 0.29) is 0 Å². The van der Waals surface area contributed by atoms with Crippen LogP contribution in [0.4, 0.5) is 0 Å². The zero-order chi connectivity index (χ0) is 13.1. The van der Waals surface area contributed by atoms with Gasteiger partial charge in [-0.05, 0) is 24.3 Å². The summed E-state index contributed by atoms with van der Waals surface area (Å²) in [6, 6.07) is 10.1. The maximum atomic E-state index is 5.09. The van der Waals surface area contributed by atoms with Crippen molar-refractivity contribution in [2.75, 3.05) is 13.7 Å². The minimum atomic E-state index is 0.639. The molecular weight excluding hydrogens is 240 g/mol. The molecule has 0 saturated carbocycles. The lowest BCUT2D eigenvalue weighted by Gasteiger charge is -2.06. The molecule has 96 valence electrons. The lowest BCUT2D eigenvalue weighted by Crippen LogP contribution is -2.04. The molecule has 0 fully saturated rings. The molecule has 19 heavy (non-hydrogen) atoms. The van der Waals surface area contributed by atoms with E-state index in [9.17, 15) is 0 Å². The third-order valence-electron chi connectivity index (χ3n) is 3.01. The van der Waals surface area contributed by atoms with E-state index in [0.717, 1.165) is 28.8 Å². The molecule has 0 unspecified atom stereocenters. The minimum Gasteiger partial charge on any atom is -0.383 e. The highest BCUT2D eigenvalue weighted by atomic mass is 16.5. The molecule has 3 aromatic rings. The van der Waals surface area contributed by atoms with Crippen LogP contribution < -0.4 is 0 Å². The van der Waals surface area contributed by atoms with E-state index >= 15 is 0 Å². The van der Waals surface area contributed by atoms with Gasteiger partial charge in [-0.1, -0.05) is 6.07 Å². The molecule has 0 radical (unpaired) electrons. The van der Waals surface area contributed by atoms with Crippen LogP contribution in [0.3, 0.4) is 0 Å². The number of fused-ring (bicyclic) bond motifs is 1. The van der Waals surface area contributed by atoms with Gasteiger partial charge in [-0.15, -0.1) is 10.2 Å². The summed E-state index contributed by atoms with van der Waals surface area (Å²) < 4.78 is 7.08. The van der Waals surface area contributed by atoms with Gasteiger partial charge in [-0.2, -0.15) is 0 Å². The van der Waals surface area contributed by atoms with Crippen molar-refractivity contribution in [3.63, 3.8) is 0 Å². The van der Waals surface area contributed by atoms with Crippen molar-refractivity contribution in [3.8, 4) is 11.4 Å². The highest BCUT2D eigenvalue weighted by Crippen LogP contribution is 2.21. The first-order valence-electron chi connectivity index (χ1n) is 6.10. The molecule has 0 spiro atoms. The van der Waals surface area contributed by atoms with Gasteiger partial charge in [-0.25, -0.2) is 0 Å². The van der Waals surface area contributed by atoms with E-state index in [1.807, 2.05) is 28.8 Å². The van der Waals surface area contributed by atoms with Crippen LogP contribution in [0.15, 0.2) is 42.9 Å². The van der Waals surface area contributed by atoms with Gasteiger partial charge in [0.2, 0.25) is 0 Å². The Kier molecular flexibility index (Phi) is 3.20. The zero-order valence-corrected chi connectivity index (χ0v) is 10.7. The maximum Gasteiger partial charge on any atom is 0.163 e. The van der Waals surface area contributed by atoms with Crippen LogP contribution in [-0.2, 0) is 11.3 Å². The number of aromatic nitrogens is 4. The fraction of sp³-hybridized carbons (Fsp3) is 0.214. The fourth-order valence-corrected chi connectivity index (χ4v) is 2.05. The average Bonchev–Trinajstić information content (AvgIpc) is 2.93. The van der Waals surface area contributed by atoms with Crippen molar-refractivity contribution in [1.29, 1.82) is 0 Å². The molecule has 1 aromatic carbocycles. The van der Waals surface area contributed by atoms with Crippen LogP contribution in [0.25, 0.3) is 22.3 Å². The average molecular weight is 254 g/mol. The van der Waals surface area contributed by atoms with Crippen molar-refractivity contribution in [3.05, 3.63) is 42.9 Å². The fourth-order valence-electron chi connectivity index (χ4n) is 2.05. The third-order valence-corrected chi connectivity index (χ3v) is 3.01. The summed E-state index contributed by atoms with van der Waals surface area (Å²) in [6.45, 7) is 1.38. The Morgan fingerprint density at radius 3 is 3.11 bits per heavy atom. The zero-order valence-electron chi connectivity index (χ0n) is 10.7. The van der Waals surface area contributed by atoms with E-state index in [1.54, 1.807) is 19.6 Å². The summed E-state index contributed by atoms with van der Waals surface area (Å²) >= 11 is 0. The molecule has 0 atom stereocenters. The van der Waals surface area contributed by atoms with E-state index in [0.29, 0.717) is 6.61 Å². The van der Waals surface area contributed by atoms with Gasteiger partial charge in [-0.3, -0.25) is 4.98 Å². The Balaban J connectivity index is 2.01. The maximum absolute atomic E-state index is 5.09. The molecule has 2 heterocycles. The number of pyridine rings is 1. The summed E-state index contributed by atoms with van der Waals surface area (Å²) in [5.41, 5.74) is 2.02. The van der Waals surface area contributed by atoms with Crippen molar-refractivity contribution in [2.45, 2.75) is 6.54 Å². The summed E-state index contributed by atoms with van der Waals surface area (Å²) in [4.78, 5) is 4.31. The topological polar surface area (TPSA) is 52.8 Å². The van der Waals surface area contributed by atoms with Crippen molar-refractivity contribution in [1.82, 2.24) is 19.7 Å². The SMILES string of the molecule is COCCn1cnnc1-c1ccc2ncccc2c1. The molecule has 0 amide bonds. The number of ether oxygens (including phenoxy) is 1. The monoisotopic (exact) mass is 254 g/mol. The molecule has 5 heteroatoms. The first-order chi connectivity index (χ1) is 9.38. The molecule has 5 nitrogen and oxygen atoms in total. The van der Waals surface area contributed by atoms with Gasteiger partial charge in [0.1, 0.15) is 6.33 Å². The normalized spacial score (nSPS) is 11.0.